The summed E-state index contributed by atoms with van der Waals surface area (Å²) in [5.74, 6) is -1.13. The average Bonchev–Trinajstić information content (AvgIpc) is 3.12. The standard InChI is InChI=1S/C27H29FN4O4S/c1-18(2)29-24(33)17-30-10-12-31(13-11-30)25(34)20-8-5-6-19(14-20)15-23-26(35)32(27(36)37-23)16-21-7-3-4-9-22(21)28/h3-9,14-15,18H,10-13,16-17H2,1-2H3,(H,29,33)/b23-15-. The summed E-state index contributed by atoms with van der Waals surface area (Å²) in [7, 11) is 0. The van der Waals surface area contributed by atoms with Crippen LogP contribution in [-0.4, -0.2) is 76.4 Å². The maximum Gasteiger partial charge on any atom is 0.293 e. The van der Waals surface area contributed by atoms with E-state index in [0.717, 1.165) is 16.7 Å². The SMILES string of the molecule is CC(C)NC(=O)CN1CCN(C(=O)c2cccc(/C=C3\SC(=O)N(Cc4ccccc4F)C3=O)c2)CC1. The lowest BCUT2D eigenvalue weighted by molar-refractivity contribution is -0.124. The highest BCUT2D eigenvalue weighted by molar-refractivity contribution is 8.18. The maximum atomic E-state index is 14.0. The molecule has 2 aliphatic heterocycles. The molecule has 4 amide bonds. The van der Waals surface area contributed by atoms with Crippen molar-refractivity contribution >= 4 is 40.8 Å². The number of nitrogens with zero attached hydrogens (tertiary/aromatic N) is 3. The molecule has 37 heavy (non-hydrogen) atoms. The molecular formula is C27H29FN4O4S. The minimum absolute atomic E-state index is 0.0270. The average molecular weight is 525 g/mol. The fourth-order valence-electron chi connectivity index (χ4n) is 4.21. The monoisotopic (exact) mass is 524 g/mol. The van der Waals surface area contributed by atoms with Crippen molar-refractivity contribution in [1.82, 2.24) is 20.0 Å². The smallest absolute Gasteiger partial charge is 0.293 e. The molecule has 10 heteroatoms. The summed E-state index contributed by atoms with van der Waals surface area (Å²) in [5.41, 5.74) is 1.36. The summed E-state index contributed by atoms with van der Waals surface area (Å²) in [4.78, 5) is 55.4. The van der Waals surface area contributed by atoms with E-state index in [2.05, 4.69) is 5.32 Å². The first-order chi connectivity index (χ1) is 17.7. The molecule has 194 valence electrons. The van der Waals surface area contributed by atoms with E-state index < -0.39 is 17.0 Å². The number of benzene rings is 2. The highest BCUT2D eigenvalue weighted by Gasteiger charge is 2.35. The number of carbonyl (C=O) groups excluding carboxylic acids is 4. The number of imide groups is 1. The molecule has 0 saturated carbocycles. The molecule has 1 N–H and O–H groups in total. The van der Waals surface area contributed by atoms with Crippen LogP contribution in [0, 0.1) is 5.82 Å². The van der Waals surface area contributed by atoms with Crippen molar-refractivity contribution < 1.29 is 23.6 Å². The number of halogens is 1. The quantitative estimate of drug-likeness (QED) is 0.559. The van der Waals surface area contributed by atoms with Crippen LogP contribution in [0.15, 0.2) is 53.4 Å². The third kappa shape index (κ3) is 6.64. The molecule has 4 rings (SSSR count). The zero-order valence-electron chi connectivity index (χ0n) is 20.8. The predicted octanol–water partition coefficient (Wildman–Crippen LogP) is 3.34. The van der Waals surface area contributed by atoms with Gasteiger partial charge in [0.1, 0.15) is 5.82 Å². The van der Waals surface area contributed by atoms with Crippen molar-refractivity contribution in [2.75, 3.05) is 32.7 Å². The fourth-order valence-corrected chi connectivity index (χ4v) is 5.05. The van der Waals surface area contributed by atoms with Crippen molar-refractivity contribution in [3.63, 3.8) is 0 Å². The zero-order chi connectivity index (χ0) is 26.5. The van der Waals surface area contributed by atoms with E-state index in [0.29, 0.717) is 43.9 Å². The Labute approximate surface area is 219 Å². The van der Waals surface area contributed by atoms with Crippen LogP contribution in [-0.2, 0) is 16.1 Å². The van der Waals surface area contributed by atoms with Crippen LogP contribution in [0.3, 0.4) is 0 Å². The third-order valence-electron chi connectivity index (χ3n) is 6.07. The van der Waals surface area contributed by atoms with Crippen molar-refractivity contribution in [1.29, 1.82) is 0 Å². The van der Waals surface area contributed by atoms with E-state index in [1.54, 1.807) is 47.4 Å². The molecule has 0 aliphatic carbocycles. The van der Waals surface area contributed by atoms with Gasteiger partial charge in [-0.25, -0.2) is 4.39 Å². The second-order valence-corrected chi connectivity index (χ2v) is 10.3. The fraction of sp³-hybridized carbons (Fsp3) is 0.333. The van der Waals surface area contributed by atoms with Crippen LogP contribution in [0.1, 0.15) is 35.3 Å². The Bertz CT molecular complexity index is 1240. The zero-order valence-corrected chi connectivity index (χ0v) is 21.6. The van der Waals surface area contributed by atoms with Gasteiger partial charge in [0, 0.05) is 43.3 Å². The van der Waals surface area contributed by atoms with E-state index in [4.69, 9.17) is 0 Å². The maximum absolute atomic E-state index is 14.0. The lowest BCUT2D eigenvalue weighted by atomic mass is 10.1. The van der Waals surface area contributed by atoms with Crippen molar-refractivity contribution in [3.8, 4) is 0 Å². The number of carbonyl (C=O) groups is 4. The lowest BCUT2D eigenvalue weighted by Crippen LogP contribution is -2.51. The van der Waals surface area contributed by atoms with Gasteiger partial charge in [0.25, 0.3) is 17.1 Å². The van der Waals surface area contributed by atoms with Crippen molar-refractivity contribution in [3.05, 3.63) is 75.9 Å². The molecule has 2 heterocycles. The van der Waals surface area contributed by atoms with Gasteiger partial charge in [-0.05, 0) is 55.4 Å². The first-order valence-corrected chi connectivity index (χ1v) is 12.9. The highest BCUT2D eigenvalue weighted by Crippen LogP contribution is 2.33. The molecule has 0 unspecified atom stereocenters. The van der Waals surface area contributed by atoms with Gasteiger partial charge in [-0.2, -0.15) is 0 Å². The summed E-state index contributed by atoms with van der Waals surface area (Å²) >= 11 is 0.795. The number of nitrogens with one attached hydrogen (secondary N) is 1. The molecule has 2 saturated heterocycles. The number of thioether (sulfide) groups is 1. The van der Waals surface area contributed by atoms with Gasteiger partial charge in [-0.3, -0.25) is 29.0 Å². The van der Waals surface area contributed by atoms with Crippen LogP contribution in [0.4, 0.5) is 9.18 Å². The number of piperazine rings is 1. The van der Waals surface area contributed by atoms with E-state index in [1.807, 2.05) is 18.7 Å². The minimum Gasteiger partial charge on any atom is -0.353 e. The number of hydrogen-bond acceptors (Lipinski definition) is 6. The Balaban J connectivity index is 1.39. The van der Waals surface area contributed by atoms with Gasteiger partial charge in [-0.15, -0.1) is 0 Å². The molecule has 2 fully saturated rings. The molecule has 0 bridgehead atoms. The number of amides is 4. The Kier molecular flexibility index (Phi) is 8.40. The molecule has 2 aromatic carbocycles. The predicted molar refractivity (Wildman–Crippen MR) is 140 cm³/mol. The second kappa shape index (κ2) is 11.7. The van der Waals surface area contributed by atoms with E-state index in [-0.39, 0.29) is 34.9 Å². The summed E-state index contributed by atoms with van der Waals surface area (Å²) in [5, 5.41) is 2.41. The lowest BCUT2D eigenvalue weighted by Gasteiger charge is -2.34. The van der Waals surface area contributed by atoms with Crippen LogP contribution in [0.5, 0.6) is 0 Å². The Morgan fingerprint density at radius 3 is 2.49 bits per heavy atom. The number of rotatable bonds is 7. The van der Waals surface area contributed by atoms with E-state index in [1.165, 1.54) is 12.1 Å². The van der Waals surface area contributed by atoms with Crippen LogP contribution in [0.2, 0.25) is 0 Å². The Hall–Kier alpha value is -3.50. The summed E-state index contributed by atoms with van der Waals surface area (Å²) in [6.45, 7) is 6.22. The van der Waals surface area contributed by atoms with Crippen molar-refractivity contribution in [2.24, 2.45) is 0 Å². The van der Waals surface area contributed by atoms with Gasteiger partial charge in [0.05, 0.1) is 18.0 Å². The second-order valence-electron chi connectivity index (χ2n) is 9.28. The Morgan fingerprint density at radius 2 is 1.78 bits per heavy atom. The minimum atomic E-state index is -0.493. The molecule has 0 aromatic heterocycles. The molecule has 2 aromatic rings. The van der Waals surface area contributed by atoms with E-state index in [9.17, 15) is 23.6 Å². The normalized spacial score (nSPS) is 17.7. The first-order valence-electron chi connectivity index (χ1n) is 12.1. The topological polar surface area (TPSA) is 90.0 Å². The van der Waals surface area contributed by atoms with Gasteiger partial charge in [-0.1, -0.05) is 30.3 Å². The van der Waals surface area contributed by atoms with Gasteiger partial charge < -0.3 is 10.2 Å². The van der Waals surface area contributed by atoms with Crippen LogP contribution < -0.4 is 5.32 Å². The Morgan fingerprint density at radius 1 is 1.05 bits per heavy atom. The third-order valence-corrected chi connectivity index (χ3v) is 6.97. The van der Waals surface area contributed by atoms with Crippen LogP contribution >= 0.6 is 11.8 Å². The highest BCUT2D eigenvalue weighted by atomic mass is 32.2. The van der Waals surface area contributed by atoms with Crippen molar-refractivity contribution in [2.45, 2.75) is 26.4 Å². The summed E-state index contributed by atoms with van der Waals surface area (Å²) < 4.78 is 14.0. The van der Waals surface area contributed by atoms with Gasteiger partial charge in [0.2, 0.25) is 5.91 Å². The molecule has 0 atom stereocenters. The molecule has 8 nitrogen and oxygen atoms in total. The first kappa shape index (κ1) is 26.6. The summed E-state index contributed by atoms with van der Waals surface area (Å²) in [6, 6.07) is 13.0. The molecule has 0 spiro atoms. The molecule has 0 radical (unpaired) electrons. The molecule has 2 aliphatic rings. The van der Waals surface area contributed by atoms with E-state index >= 15 is 0 Å². The van der Waals surface area contributed by atoms with Gasteiger partial charge >= 0.3 is 0 Å². The van der Waals surface area contributed by atoms with Gasteiger partial charge in [0.15, 0.2) is 0 Å². The largest absolute Gasteiger partial charge is 0.353 e. The number of hydrogen-bond donors (Lipinski definition) is 1. The molecular weight excluding hydrogens is 495 g/mol. The van der Waals surface area contributed by atoms with Crippen LogP contribution in [0.25, 0.3) is 6.08 Å². The summed E-state index contributed by atoms with van der Waals surface area (Å²) in [6.07, 6.45) is 1.58.